The Morgan fingerprint density at radius 2 is 1.67 bits per heavy atom. The summed E-state index contributed by atoms with van der Waals surface area (Å²) < 4.78 is 27.4. The van der Waals surface area contributed by atoms with Gasteiger partial charge in [0.15, 0.2) is 11.6 Å². The maximum Gasteiger partial charge on any atom is 0.163 e. The van der Waals surface area contributed by atoms with Crippen LogP contribution in [-0.4, -0.2) is 0 Å². The minimum absolute atomic E-state index is 0.163. The van der Waals surface area contributed by atoms with E-state index >= 15 is 0 Å². The molecule has 0 aliphatic carbocycles. The molecule has 3 rings (SSSR count). The highest BCUT2D eigenvalue weighted by Crippen LogP contribution is 2.37. The molecular weight excluding hydrogens is 290 g/mol. The van der Waals surface area contributed by atoms with Gasteiger partial charge >= 0.3 is 0 Å². The molecule has 0 amide bonds. The summed E-state index contributed by atoms with van der Waals surface area (Å²) in [5.74, 6) is -1.76. The van der Waals surface area contributed by atoms with Crippen LogP contribution < -0.4 is 0 Å². The third kappa shape index (κ3) is 2.40. The second kappa shape index (κ2) is 5.45. The van der Waals surface area contributed by atoms with Crippen molar-refractivity contribution in [1.82, 2.24) is 0 Å². The van der Waals surface area contributed by atoms with Crippen molar-refractivity contribution in [2.45, 2.75) is 12.3 Å². The Bertz CT molecular complexity index is 811. The van der Waals surface area contributed by atoms with Gasteiger partial charge in [-0.1, -0.05) is 48.5 Å². The van der Waals surface area contributed by atoms with Crippen LogP contribution in [0.4, 0.5) is 8.78 Å². The van der Waals surface area contributed by atoms with Gasteiger partial charge in [-0.05, 0) is 34.9 Å². The van der Waals surface area contributed by atoms with E-state index in [0.29, 0.717) is 0 Å². The SMILES string of the molecule is Cc1ccc2ccccc2c1C(Cl)c1cccc(F)c1F. The van der Waals surface area contributed by atoms with Gasteiger partial charge in [0.25, 0.3) is 0 Å². The summed E-state index contributed by atoms with van der Waals surface area (Å²) in [6.07, 6.45) is 0. The van der Waals surface area contributed by atoms with Gasteiger partial charge in [0.05, 0.1) is 5.38 Å². The molecule has 0 nitrogen and oxygen atoms in total. The molecule has 3 aromatic rings. The van der Waals surface area contributed by atoms with E-state index in [4.69, 9.17) is 11.6 Å². The van der Waals surface area contributed by atoms with Crippen LogP contribution in [0.1, 0.15) is 22.1 Å². The van der Waals surface area contributed by atoms with Crippen molar-refractivity contribution in [3.63, 3.8) is 0 Å². The monoisotopic (exact) mass is 302 g/mol. The number of halogens is 3. The van der Waals surface area contributed by atoms with Gasteiger partial charge in [-0.15, -0.1) is 11.6 Å². The molecule has 0 fully saturated rings. The zero-order valence-electron chi connectivity index (χ0n) is 11.4. The molecule has 0 aliphatic heterocycles. The first-order valence-electron chi connectivity index (χ1n) is 6.66. The van der Waals surface area contributed by atoms with Crippen LogP contribution in [-0.2, 0) is 0 Å². The van der Waals surface area contributed by atoms with Crippen molar-refractivity contribution in [3.05, 3.63) is 82.9 Å². The van der Waals surface area contributed by atoms with Crippen molar-refractivity contribution < 1.29 is 8.78 Å². The molecule has 0 aliphatic rings. The summed E-state index contributed by atoms with van der Waals surface area (Å²) in [4.78, 5) is 0. The molecule has 0 bridgehead atoms. The normalized spacial score (nSPS) is 12.6. The fraction of sp³-hybridized carbons (Fsp3) is 0.111. The highest BCUT2D eigenvalue weighted by Gasteiger charge is 2.21. The molecule has 1 unspecified atom stereocenters. The van der Waals surface area contributed by atoms with E-state index in [1.165, 1.54) is 12.1 Å². The Labute approximate surface area is 127 Å². The van der Waals surface area contributed by atoms with Crippen LogP contribution >= 0.6 is 11.6 Å². The molecule has 0 aromatic heterocycles. The van der Waals surface area contributed by atoms with E-state index in [2.05, 4.69) is 0 Å². The predicted octanol–water partition coefficient (Wildman–Crippen LogP) is 5.75. The average Bonchev–Trinajstić information content (AvgIpc) is 2.49. The topological polar surface area (TPSA) is 0 Å². The first-order valence-corrected chi connectivity index (χ1v) is 7.09. The standard InChI is InChI=1S/C18H13ClF2/c1-11-9-10-12-5-2-3-6-13(12)16(11)17(19)14-7-4-8-15(20)18(14)21/h2-10,17H,1H3. The van der Waals surface area contributed by atoms with Crippen LogP contribution in [0.5, 0.6) is 0 Å². The third-order valence-corrected chi connectivity index (χ3v) is 4.15. The second-order valence-electron chi connectivity index (χ2n) is 5.02. The minimum Gasteiger partial charge on any atom is -0.204 e. The maximum absolute atomic E-state index is 14.0. The van der Waals surface area contributed by atoms with Crippen LogP contribution in [0.25, 0.3) is 10.8 Å². The number of hydrogen-bond acceptors (Lipinski definition) is 0. The van der Waals surface area contributed by atoms with Gasteiger partial charge in [-0.25, -0.2) is 8.78 Å². The predicted molar refractivity (Wildman–Crippen MR) is 82.7 cm³/mol. The molecule has 0 saturated carbocycles. The Hall–Kier alpha value is -1.93. The van der Waals surface area contributed by atoms with E-state index in [1.54, 1.807) is 0 Å². The molecular formula is C18H13ClF2. The van der Waals surface area contributed by atoms with Gasteiger partial charge in [0.1, 0.15) is 0 Å². The maximum atomic E-state index is 14.0. The summed E-state index contributed by atoms with van der Waals surface area (Å²) in [6, 6.07) is 15.8. The molecule has 0 radical (unpaired) electrons. The number of hydrogen-bond donors (Lipinski definition) is 0. The molecule has 21 heavy (non-hydrogen) atoms. The Morgan fingerprint density at radius 3 is 2.48 bits per heavy atom. The van der Waals surface area contributed by atoms with Crippen LogP contribution in [0.2, 0.25) is 0 Å². The highest BCUT2D eigenvalue weighted by molar-refractivity contribution is 6.23. The van der Waals surface area contributed by atoms with E-state index < -0.39 is 17.0 Å². The van der Waals surface area contributed by atoms with Crippen molar-refractivity contribution in [2.24, 2.45) is 0 Å². The number of benzene rings is 3. The lowest BCUT2D eigenvalue weighted by molar-refractivity contribution is 0.500. The molecule has 0 N–H and O–H groups in total. The van der Waals surface area contributed by atoms with Crippen LogP contribution in [0.3, 0.4) is 0 Å². The fourth-order valence-electron chi connectivity index (χ4n) is 2.61. The molecule has 0 heterocycles. The zero-order valence-corrected chi connectivity index (χ0v) is 12.2. The number of rotatable bonds is 2. The second-order valence-corrected chi connectivity index (χ2v) is 5.46. The molecule has 0 saturated heterocycles. The molecule has 3 aromatic carbocycles. The van der Waals surface area contributed by atoms with Gasteiger partial charge in [0, 0.05) is 5.56 Å². The summed E-state index contributed by atoms with van der Waals surface area (Å²) in [5, 5.41) is 1.26. The van der Waals surface area contributed by atoms with E-state index in [1.807, 2.05) is 43.3 Å². The first-order chi connectivity index (χ1) is 10.1. The third-order valence-electron chi connectivity index (χ3n) is 3.70. The lowest BCUT2D eigenvalue weighted by Crippen LogP contribution is -2.02. The summed E-state index contributed by atoms with van der Waals surface area (Å²) >= 11 is 6.49. The Morgan fingerprint density at radius 1 is 0.905 bits per heavy atom. The Balaban J connectivity index is 2.24. The van der Waals surface area contributed by atoms with E-state index in [0.717, 1.165) is 28.0 Å². The highest BCUT2D eigenvalue weighted by atomic mass is 35.5. The molecule has 1 atom stereocenters. The Kier molecular flexibility index (Phi) is 3.64. The van der Waals surface area contributed by atoms with E-state index in [-0.39, 0.29) is 5.56 Å². The van der Waals surface area contributed by atoms with Crippen molar-refractivity contribution >= 4 is 22.4 Å². The average molecular weight is 303 g/mol. The van der Waals surface area contributed by atoms with Gasteiger partial charge in [-0.2, -0.15) is 0 Å². The molecule has 3 heteroatoms. The van der Waals surface area contributed by atoms with Gasteiger partial charge in [0.2, 0.25) is 0 Å². The van der Waals surface area contributed by atoms with Crippen molar-refractivity contribution in [1.29, 1.82) is 0 Å². The number of alkyl halides is 1. The largest absolute Gasteiger partial charge is 0.204 e. The lowest BCUT2D eigenvalue weighted by Gasteiger charge is -2.17. The van der Waals surface area contributed by atoms with Gasteiger partial charge < -0.3 is 0 Å². The quantitative estimate of drug-likeness (QED) is 0.528. The van der Waals surface area contributed by atoms with Crippen LogP contribution in [0.15, 0.2) is 54.6 Å². The van der Waals surface area contributed by atoms with Gasteiger partial charge in [-0.3, -0.25) is 0 Å². The zero-order chi connectivity index (χ0) is 15.0. The number of fused-ring (bicyclic) bond motifs is 1. The fourth-order valence-corrected chi connectivity index (χ4v) is 3.07. The van der Waals surface area contributed by atoms with E-state index in [9.17, 15) is 8.78 Å². The molecule has 106 valence electrons. The van der Waals surface area contributed by atoms with Crippen LogP contribution in [0, 0.1) is 18.6 Å². The lowest BCUT2D eigenvalue weighted by atomic mass is 9.93. The summed E-state index contributed by atoms with van der Waals surface area (Å²) in [5.41, 5.74) is 1.94. The first kappa shape index (κ1) is 14.0. The summed E-state index contributed by atoms with van der Waals surface area (Å²) in [6.45, 7) is 1.92. The van der Waals surface area contributed by atoms with Crippen molar-refractivity contribution in [2.75, 3.05) is 0 Å². The smallest absolute Gasteiger partial charge is 0.163 e. The summed E-state index contributed by atoms with van der Waals surface area (Å²) in [7, 11) is 0. The number of aryl methyl sites for hydroxylation is 1. The van der Waals surface area contributed by atoms with Crippen molar-refractivity contribution in [3.8, 4) is 0 Å². The molecule has 0 spiro atoms. The minimum atomic E-state index is -0.884.